The Kier molecular flexibility index (Phi) is 6.30. The van der Waals surface area contributed by atoms with Crippen LogP contribution in [-0.2, 0) is 0 Å². The molecule has 0 aliphatic heterocycles. The maximum Gasteiger partial charge on any atom is 0.0804 e. The Morgan fingerprint density at radius 2 is 1.67 bits per heavy atom. The Labute approximate surface area is 163 Å². The van der Waals surface area contributed by atoms with Crippen molar-refractivity contribution in [3.05, 3.63) is 0 Å². The molecule has 4 aliphatic carbocycles. The van der Waals surface area contributed by atoms with Crippen molar-refractivity contribution in [3.8, 4) is 0 Å². The van der Waals surface area contributed by atoms with Crippen molar-refractivity contribution in [2.75, 3.05) is 13.7 Å². The number of aliphatic hydroxyl groups excluding tert-OH is 5. The summed E-state index contributed by atoms with van der Waals surface area (Å²) in [7, 11) is 1.00. The van der Waals surface area contributed by atoms with E-state index in [1.165, 1.54) is 6.42 Å². The Morgan fingerprint density at radius 1 is 0.963 bits per heavy atom. The first-order chi connectivity index (χ1) is 12.8. The molecule has 0 unspecified atom stereocenters. The summed E-state index contributed by atoms with van der Waals surface area (Å²) in [5, 5.41) is 48.2. The minimum Gasteiger partial charge on any atom is -0.400 e. The zero-order chi connectivity index (χ0) is 20.0. The highest BCUT2D eigenvalue weighted by molar-refractivity contribution is 5.12. The van der Waals surface area contributed by atoms with E-state index in [0.717, 1.165) is 52.1 Å². The normalized spacial score (nSPS) is 52.7. The third-order valence-electron chi connectivity index (χ3n) is 9.29. The van der Waals surface area contributed by atoms with E-state index in [-0.39, 0.29) is 35.6 Å². The maximum absolute atomic E-state index is 11.3. The van der Waals surface area contributed by atoms with Crippen LogP contribution in [0, 0.1) is 40.4 Å². The molecule has 0 heterocycles. The lowest BCUT2D eigenvalue weighted by molar-refractivity contribution is -0.183. The van der Waals surface area contributed by atoms with E-state index in [1.807, 2.05) is 0 Å². The van der Waals surface area contributed by atoms with Gasteiger partial charge in [0.2, 0.25) is 0 Å². The van der Waals surface area contributed by atoms with Crippen LogP contribution in [0.2, 0.25) is 0 Å². The summed E-state index contributed by atoms with van der Waals surface area (Å²) in [6.45, 7) is 4.46. The summed E-state index contributed by atoms with van der Waals surface area (Å²) in [5.74, 6) is 2.06. The van der Waals surface area contributed by atoms with Crippen molar-refractivity contribution in [2.24, 2.45) is 40.4 Å². The molecular weight excluding hydrogens is 344 g/mol. The molecular formula is C22H40O5. The van der Waals surface area contributed by atoms with Crippen molar-refractivity contribution in [2.45, 2.75) is 83.5 Å². The predicted molar refractivity (Wildman–Crippen MR) is 104 cm³/mol. The van der Waals surface area contributed by atoms with Crippen LogP contribution in [0.5, 0.6) is 0 Å². The van der Waals surface area contributed by atoms with Crippen molar-refractivity contribution in [1.82, 2.24) is 0 Å². The second-order valence-electron chi connectivity index (χ2n) is 10.2. The Balaban J connectivity index is 0.00000102. The molecule has 0 amide bonds. The standard InChI is InChI=1S/C21H36O4.CH4O/c1-20-8-7-13(23)9-12(20)3-4-14-15-5-6-16(18(25)11-22)21(15,2)10-17(24)19(14)20;1-2/h12-19,22-25H,3-11H2,1-2H3;2H,1H3/t12-,13-,14+,15+,16-,17+,18-,19-,20+,21+;/m1./s1. The highest BCUT2D eigenvalue weighted by Crippen LogP contribution is 2.67. The molecule has 4 rings (SSSR count). The van der Waals surface area contributed by atoms with E-state index >= 15 is 0 Å². The van der Waals surface area contributed by atoms with Gasteiger partial charge in [-0.2, -0.15) is 0 Å². The van der Waals surface area contributed by atoms with E-state index in [0.29, 0.717) is 23.7 Å². The van der Waals surface area contributed by atoms with Crippen LogP contribution in [0.1, 0.15) is 65.2 Å². The van der Waals surface area contributed by atoms with Gasteiger partial charge in [-0.15, -0.1) is 0 Å². The average molecular weight is 385 g/mol. The number of fused-ring (bicyclic) bond motifs is 5. The highest BCUT2D eigenvalue weighted by atomic mass is 16.3. The molecule has 4 aliphatic rings. The fraction of sp³-hybridized carbons (Fsp3) is 1.00. The highest BCUT2D eigenvalue weighted by Gasteiger charge is 2.63. The molecule has 0 aromatic heterocycles. The summed E-state index contributed by atoms with van der Waals surface area (Å²) >= 11 is 0. The Bertz CT molecular complexity index is 513. The van der Waals surface area contributed by atoms with Crippen LogP contribution in [0.3, 0.4) is 0 Å². The average Bonchev–Trinajstić information content (AvgIpc) is 2.99. The molecule has 0 saturated heterocycles. The van der Waals surface area contributed by atoms with Crippen molar-refractivity contribution in [3.63, 3.8) is 0 Å². The zero-order valence-electron chi connectivity index (χ0n) is 17.2. The van der Waals surface area contributed by atoms with Gasteiger partial charge >= 0.3 is 0 Å². The molecule has 0 bridgehead atoms. The van der Waals surface area contributed by atoms with E-state index < -0.39 is 6.10 Å². The topological polar surface area (TPSA) is 101 Å². The monoisotopic (exact) mass is 384 g/mol. The minimum atomic E-state index is -0.657. The summed E-state index contributed by atoms with van der Waals surface area (Å²) < 4.78 is 0. The fourth-order valence-electron chi connectivity index (χ4n) is 8.16. The van der Waals surface area contributed by atoms with Crippen LogP contribution >= 0.6 is 0 Å². The van der Waals surface area contributed by atoms with Crippen LogP contribution in [-0.4, -0.2) is 57.6 Å². The predicted octanol–water partition coefficient (Wildman–Crippen LogP) is 1.94. The van der Waals surface area contributed by atoms with Gasteiger partial charge in [0.1, 0.15) is 0 Å². The third-order valence-corrected chi connectivity index (χ3v) is 9.29. The van der Waals surface area contributed by atoms with Crippen LogP contribution < -0.4 is 0 Å². The minimum absolute atomic E-state index is 0.0554. The summed E-state index contributed by atoms with van der Waals surface area (Å²) in [6.07, 6.45) is 6.84. The molecule has 4 saturated carbocycles. The molecule has 10 atom stereocenters. The summed E-state index contributed by atoms with van der Waals surface area (Å²) in [5.41, 5.74) is 0.0939. The lowest BCUT2D eigenvalue weighted by Crippen LogP contribution is -2.59. The first-order valence-electron chi connectivity index (χ1n) is 10.9. The third kappa shape index (κ3) is 3.28. The molecule has 0 spiro atoms. The van der Waals surface area contributed by atoms with Gasteiger partial charge in [-0.3, -0.25) is 0 Å². The van der Waals surface area contributed by atoms with Crippen molar-refractivity contribution >= 4 is 0 Å². The molecule has 27 heavy (non-hydrogen) atoms. The first-order valence-corrected chi connectivity index (χ1v) is 10.9. The zero-order valence-corrected chi connectivity index (χ0v) is 17.2. The molecule has 158 valence electrons. The molecule has 5 nitrogen and oxygen atoms in total. The second-order valence-corrected chi connectivity index (χ2v) is 10.2. The van der Waals surface area contributed by atoms with Crippen LogP contribution in [0.15, 0.2) is 0 Å². The Hall–Kier alpha value is -0.200. The quantitative estimate of drug-likeness (QED) is 0.501. The van der Waals surface area contributed by atoms with Crippen molar-refractivity contribution in [1.29, 1.82) is 0 Å². The van der Waals surface area contributed by atoms with Crippen molar-refractivity contribution < 1.29 is 25.5 Å². The molecule has 4 fully saturated rings. The van der Waals surface area contributed by atoms with Gasteiger partial charge in [0, 0.05) is 7.11 Å². The number of aliphatic hydroxyl groups is 5. The molecule has 0 aromatic carbocycles. The fourth-order valence-corrected chi connectivity index (χ4v) is 8.16. The number of hydrogen-bond acceptors (Lipinski definition) is 5. The van der Waals surface area contributed by atoms with Crippen LogP contribution in [0.4, 0.5) is 0 Å². The molecule has 0 aromatic rings. The van der Waals surface area contributed by atoms with Gasteiger partial charge in [0.15, 0.2) is 0 Å². The van der Waals surface area contributed by atoms with Gasteiger partial charge in [0.05, 0.1) is 24.9 Å². The number of hydrogen-bond donors (Lipinski definition) is 5. The van der Waals surface area contributed by atoms with E-state index in [1.54, 1.807) is 0 Å². The van der Waals surface area contributed by atoms with Gasteiger partial charge in [-0.1, -0.05) is 13.8 Å². The number of rotatable bonds is 2. The first kappa shape index (κ1) is 21.5. The van der Waals surface area contributed by atoms with E-state index in [4.69, 9.17) is 5.11 Å². The van der Waals surface area contributed by atoms with Gasteiger partial charge in [0.25, 0.3) is 0 Å². The smallest absolute Gasteiger partial charge is 0.0804 e. The lowest BCUT2D eigenvalue weighted by atomic mass is 9.44. The van der Waals surface area contributed by atoms with Gasteiger partial charge in [-0.05, 0) is 91.8 Å². The lowest BCUT2D eigenvalue weighted by Gasteiger charge is -2.62. The SMILES string of the molecule is CO.C[C@]12CC[C@@H](O)C[C@H]1CC[C@@H]1[C@@H]2[C@@H](O)C[C@]2(C)[C@@H]([C@H](O)CO)CC[C@@H]12. The maximum atomic E-state index is 11.3. The Morgan fingerprint density at radius 3 is 2.33 bits per heavy atom. The molecule has 0 radical (unpaired) electrons. The largest absolute Gasteiger partial charge is 0.400 e. The molecule has 5 N–H and O–H groups in total. The van der Waals surface area contributed by atoms with Crippen LogP contribution in [0.25, 0.3) is 0 Å². The van der Waals surface area contributed by atoms with E-state index in [9.17, 15) is 20.4 Å². The van der Waals surface area contributed by atoms with Gasteiger partial charge in [-0.25, -0.2) is 0 Å². The second kappa shape index (κ2) is 7.91. The van der Waals surface area contributed by atoms with E-state index in [2.05, 4.69) is 13.8 Å². The van der Waals surface area contributed by atoms with Gasteiger partial charge < -0.3 is 25.5 Å². The molecule has 5 heteroatoms. The summed E-state index contributed by atoms with van der Waals surface area (Å²) in [4.78, 5) is 0. The summed E-state index contributed by atoms with van der Waals surface area (Å²) in [6, 6.07) is 0.